The van der Waals surface area contributed by atoms with E-state index >= 15 is 0 Å². The minimum absolute atomic E-state index is 0.00910. The van der Waals surface area contributed by atoms with Crippen LogP contribution >= 0.6 is 0 Å². The maximum Gasteiger partial charge on any atom is 0.220 e. The molecule has 2 unspecified atom stereocenters. The molecule has 0 aromatic heterocycles. The molecule has 2 heterocycles. The normalized spacial score (nSPS) is 34.1. The number of rotatable bonds is 4. The summed E-state index contributed by atoms with van der Waals surface area (Å²) in [4.78, 5) is 11.9. The minimum atomic E-state index is -2.96. The van der Waals surface area contributed by atoms with Crippen LogP contribution in [0, 0.1) is 5.92 Å². The minimum Gasteiger partial charge on any atom is -0.350 e. The molecule has 2 atom stereocenters. The van der Waals surface area contributed by atoms with Gasteiger partial charge in [-0.25, -0.2) is 8.42 Å². The van der Waals surface area contributed by atoms with Gasteiger partial charge >= 0.3 is 0 Å². The molecule has 0 saturated carbocycles. The highest BCUT2D eigenvalue weighted by Crippen LogP contribution is 2.23. The van der Waals surface area contributed by atoms with E-state index < -0.39 is 15.4 Å². The van der Waals surface area contributed by atoms with Crippen LogP contribution in [-0.2, 0) is 14.6 Å². The van der Waals surface area contributed by atoms with Crippen LogP contribution in [0.3, 0.4) is 0 Å². The van der Waals surface area contributed by atoms with E-state index in [4.69, 9.17) is 0 Å². The Kier molecular flexibility index (Phi) is 4.50. The zero-order valence-electron chi connectivity index (χ0n) is 11.6. The number of piperidine rings is 1. The molecule has 2 aliphatic heterocycles. The number of hydrogen-bond acceptors (Lipinski definition) is 4. The maximum atomic E-state index is 11.9. The van der Waals surface area contributed by atoms with Gasteiger partial charge in [0.05, 0.1) is 17.0 Å². The molecule has 0 aromatic rings. The van der Waals surface area contributed by atoms with Crippen LogP contribution in [-0.4, -0.2) is 44.5 Å². The Morgan fingerprint density at radius 1 is 1.47 bits per heavy atom. The lowest BCUT2D eigenvalue weighted by Crippen LogP contribution is -2.47. The van der Waals surface area contributed by atoms with Crippen LogP contribution in [0.4, 0.5) is 0 Å². The second-order valence-corrected chi connectivity index (χ2v) is 8.39. The Balaban J connectivity index is 1.75. The van der Waals surface area contributed by atoms with Crippen molar-refractivity contribution in [2.75, 3.05) is 24.6 Å². The van der Waals surface area contributed by atoms with Crippen molar-refractivity contribution in [3.05, 3.63) is 0 Å². The summed E-state index contributed by atoms with van der Waals surface area (Å²) < 4.78 is 22.9. The summed E-state index contributed by atoms with van der Waals surface area (Å²) in [6.07, 6.45) is 4.30. The Morgan fingerprint density at radius 2 is 2.26 bits per heavy atom. The third-order valence-corrected chi connectivity index (χ3v) is 6.03. The van der Waals surface area contributed by atoms with Crippen molar-refractivity contribution in [1.82, 2.24) is 10.6 Å². The molecule has 19 heavy (non-hydrogen) atoms. The first-order chi connectivity index (χ1) is 8.89. The standard InChI is InChI=1S/C13H24N2O3S/c1-13(6-8-19(17,18)10-13)15-12(16)5-4-11-3-2-7-14-9-11/h11,14H,2-10H2,1H3,(H,15,16). The van der Waals surface area contributed by atoms with E-state index in [1.54, 1.807) is 0 Å². The number of sulfone groups is 1. The van der Waals surface area contributed by atoms with E-state index in [2.05, 4.69) is 10.6 Å². The second-order valence-electron chi connectivity index (χ2n) is 6.20. The van der Waals surface area contributed by atoms with Gasteiger partial charge in [-0.2, -0.15) is 0 Å². The van der Waals surface area contributed by atoms with Crippen molar-refractivity contribution >= 4 is 15.7 Å². The van der Waals surface area contributed by atoms with Gasteiger partial charge in [0.15, 0.2) is 9.84 Å². The summed E-state index contributed by atoms with van der Waals surface area (Å²) in [6.45, 7) is 3.91. The summed E-state index contributed by atoms with van der Waals surface area (Å²) in [6, 6.07) is 0. The summed E-state index contributed by atoms with van der Waals surface area (Å²) in [5, 5.41) is 6.25. The fraction of sp³-hybridized carbons (Fsp3) is 0.923. The van der Waals surface area contributed by atoms with Crippen LogP contribution in [0.15, 0.2) is 0 Å². The number of carbonyl (C=O) groups excluding carboxylic acids is 1. The molecular formula is C13H24N2O3S. The zero-order valence-corrected chi connectivity index (χ0v) is 12.4. The second kappa shape index (κ2) is 5.79. The average Bonchev–Trinajstić information content (AvgIpc) is 2.62. The molecule has 0 spiro atoms. The molecule has 110 valence electrons. The molecule has 0 bridgehead atoms. The van der Waals surface area contributed by atoms with Crippen molar-refractivity contribution < 1.29 is 13.2 Å². The Bertz CT molecular complexity index is 429. The molecule has 2 rings (SSSR count). The molecule has 5 nitrogen and oxygen atoms in total. The fourth-order valence-electron chi connectivity index (χ4n) is 3.01. The number of hydrogen-bond donors (Lipinski definition) is 2. The molecule has 2 saturated heterocycles. The molecule has 2 N–H and O–H groups in total. The predicted octanol–water partition coefficient (Wildman–Crippen LogP) is 0.460. The lowest BCUT2D eigenvalue weighted by molar-refractivity contribution is -0.122. The topological polar surface area (TPSA) is 75.3 Å². The SMILES string of the molecule is CC1(NC(=O)CCC2CCCNC2)CCS(=O)(=O)C1. The van der Waals surface area contributed by atoms with Gasteiger partial charge in [-0.15, -0.1) is 0 Å². The molecule has 0 radical (unpaired) electrons. The van der Waals surface area contributed by atoms with Gasteiger partial charge < -0.3 is 10.6 Å². The molecule has 6 heteroatoms. The zero-order chi connectivity index (χ0) is 13.9. The van der Waals surface area contributed by atoms with E-state index in [-0.39, 0.29) is 17.4 Å². The van der Waals surface area contributed by atoms with E-state index in [9.17, 15) is 13.2 Å². The van der Waals surface area contributed by atoms with Crippen molar-refractivity contribution in [2.45, 2.75) is 44.6 Å². The van der Waals surface area contributed by atoms with E-state index in [1.807, 2.05) is 6.92 Å². The van der Waals surface area contributed by atoms with E-state index in [0.29, 0.717) is 18.8 Å². The first-order valence-corrected chi connectivity index (χ1v) is 8.93. The molecule has 2 fully saturated rings. The summed E-state index contributed by atoms with van der Waals surface area (Å²) >= 11 is 0. The monoisotopic (exact) mass is 288 g/mol. The molecular weight excluding hydrogens is 264 g/mol. The molecule has 1 amide bonds. The first-order valence-electron chi connectivity index (χ1n) is 7.11. The largest absolute Gasteiger partial charge is 0.350 e. The Labute approximate surface area is 115 Å². The molecule has 0 aromatic carbocycles. The quantitative estimate of drug-likeness (QED) is 0.788. The Morgan fingerprint density at radius 3 is 2.84 bits per heavy atom. The fourth-order valence-corrected chi connectivity index (χ4v) is 5.11. The predicted molar refractivity (Wildman–Crippen MR) is 74.6 cm³/mol. The van der Waals surface area contributed by atoms with Gasteiger partial charge in [0.1, 0.15) is 0 Å². The van der Waals surface area contributed by atoms with Crippen LogP contribution < -0.4 is 10.6 Å². The van der Waals surface area contributed by atoms with Crippen molar-refractivity contribution in [2.24, 2.45) is 5.92 Å². The summed E-state index contributed by atoms with van der Waals surface area (Å²) in [7, 11) is -2.96. The van der Waals surface area contributed by atoms with Crippen LogP contribution in [0.5, 0.6) is 0 Å². The number of amides is 1. The first kappa shape index (κ1) is 14.8. The van der Waals surface area contributed by atoms with Crippen molar-refractivity contribution in [3.8, 4) is 0 Å². The van der Waals surface area contributed by atoms with Gasteiger partial charge in [0, 0.05) is 6.42 Å². The van der Waals surface area contributed by atoms with Gasteiger partial charge in [-0.3, -0.25) is 4.79 Å². The summed E-state index contributed by atoms with van der Waals surface area (Å²) in [5.41, 5.74) is -0.555. The van der Waals surface area contributed by atoms with Crippen LogP contribution in [0.2, 0.25) is 0 Å². The number of carbonyl (C=O) groups is 1. The van der Waals surface area contributed by atoms with Crippen LogP contribution in [0.25, 0.3) is 0 Å². The highest BCUT2D eigenvalue weighted by atomic mass is 32.2. The highest BCUT2D eigenvalue weighted by molar-refractivity contribution is 7.91. The smallest absolute Gasteiger partial charge is 0.220 e. The molecule has 2 aliphatic rings. The summed E-state index contributed by atoms with van der Waals surface area (Å²) in [5.74, 6) is 0.845. The highest BCUT2D eigenvalue weighted by Gasteiger charge is 2.39. The van der Waals surface area contributed by atoms with Crippen LogP contribution in [0.1, 0.15) is 39.0 Å². The third kappa shape index (κ3) is 4.45. The van der Waals surface area contributed by atoms with Gasteiger partial charge in [-0.05, 0) is 51.6 Å². The lowest BCUT2D eigenvalue weighted by Gasteiger charge is -2.26. The molecule has 0 aliphatic carbocycles. The van der Waals surface area contributed by atoms with Gasteiger partial charge in [0.25, 0.3) is 0 Å². The Hall–Kier alpha value is -0.620. The van der Waals surface area contributed by atoms with E-state index in [1.165, 1.54) is 12.8 Å². The van der Waals surface area contributed by atoms with E-state index in [0.717, 1.165) is 19.5 Å². The maximum absolute atomic E-state index is 11.9. The van der Waals surface area contributed by atoms with Crippen molar-refractivity contribution in [1.29, 1.82) is 0 Å². The number of nitrogens with one attached hydrogen (secondary N) is 2. The van der Waals surface area contributed by atoms with Gasteiger partial charge in [-0.1, -0.05) is 0 Å². The third-order valence-electron chi connectivity index (χ3n) is 4.12. The van der Waals surface area contributed by atoms with Gasteiger partial charge in [0.2, 0.25) is 5.91 Å². The van der Waals surface area contributed by atoms with Crippen molar-refractivity contribution in [3.63, 3.8) is 0 Å². The lowest BCUT2D eigenvalue weighted by atomic mass is 9.94. The average molecular weight is 288 g/mol.